The van der Waals surface area contributed by atoms with Crippen LogP contribution in [0.5, 0.6) is 5.75 Å². The minimum absolute atomic E-state index is 0.0240. The molecule has 0 spiro atoms. The predicted octanol–water partition coefficient (Wildman–Crippen LogP) is 2.31. The molecule has 8 heteroatoms. The first-order valence-corrected chi connectivity index (χ1v) is 11.0. The number of para-hydroxylation sites is 1. The van der Waals surface area contributed by atoms with Crippen molar-refractivity contribution in [1.29, 1.82) is 0 Å². The monoisotopic (exact) mass is 416 g/mol. The lowest BCUT2D eigenvalue weighted by Crippen LogP contribution is -2.40. The van der Waals surface area contributed by atoms with E-state index in [-0.39, 0.29) is 22.4 Å². The van der Waals surface area contributed by atoms with Crippen LogP contribution in [0.1, 0.15) is 22.8 Å². The van der Waals surface area contributed by atoms with Gasteiger partial charge in [0.25, 0.3) is 5.91 Å². The molecule has 0 aliphatic carbocycles. The van der Waals surface area contributed by atoms with E-state index in [1.807, 2.05) is 31.2 Å². The molecule has 1 saturated heterocycles. The van der Waals surface area contributed by atoms with E-state index in [9.17, 15) is 13.2 Å². The molecule has 2 aliphatic heterocycles. The second kappa shape index (κ2) is 7.78. The predicted molar refractivity (Wildman–Crippen MR) is 109 cm³/mol. The molecular weight excluding hydrogens is 392 g/mol. The number of carbonyl (C=O) groups is 1. The highest BCUT2D eigenvalue weighted by Crippen LogP contribution is 2.35. The fraction of sp³-hybridized carbons (Fsp3) is 0.381. The Morgan fingerprint density at radius 2 is 1.86 bits per heavy atom. The fourth-order valence-corrected chi connectivity index (χ4v) is 5.39. The standard InChI is InChI=1S/C21H24N2O5S/c1-15-13-16-5-3-4-6-19(16)23(15)21(24)18-14-17(7-8-20(18)27-2)29(25,26)22-9-11-28-12-10-22/h3-8,14-15H,9-13H2,1-2H3/t15-/m0/s1. The van der Waals surface area contributed by atoms with Gasteiger partial charge in [-0.25, -0.2) is 8.42 Å². The average Bonchev–Trinajstić information content (AvgIpc) is 3.09. The summed E-state index contributed by atoms with van der Waals surface area (Å²) < 4.78 is 38.1. The number of nitrogens with zero attached hydrogens (tertiary/aromatic N) is 2. The van der Waals surface area contributed by atoms with Crippen LogP contribution in [-0.2, 0) is 21.2 Å². The molecule has 0 unspecified atom stereocenters. The van der Waals surface area contributed by atoms with Crippen LogP contribution in [0.2, 0.25) is 0 Å². The van der Waals surface area contributed by atoms with Crippen LogP contribution < -0.4 is 9.64 Å². The molecule has 2 aliphatic rings. The SMILES string of the molecule is COc1ccc(S(=O)(=O)N2CCOCC2)cc1C(=O)N1c2ccccc2C[C@@H]1C. The molecule has 0 radical (unpaired) electrons. The number of hydrogen-bond acceptors (Lipinski definition) is 5. The quantitative estimate of drug-likeness (QED) is 0.765. The van der Waals surface area contributed by atoms with Crippen molar-refractivity contribution in [3.63, 3.8) is 0 Å². The van der Waals surface area contributed by atoms with Crippen molar-refractivity contribution in [3.05, 3.63) is 53.6 Å². The summed E-state index contributed by atoms with van der Waals surface area (Å²) in [7, 11) is -2.24. The first-order valence-electron chi connectivity index (χ1n) is 9.61. The van der Waals surface area contributed by atoms with Crippen molar-refractivity contribution in [2.45, 2.75) is 24.3 Å². The maximum atomic E-state index is 13.5. The van der Waals surface area contributed by atoms with Crippen LogP contribution >= 0.6 is 0 Å². The van der Waals surface area contributed by atoms with E-state index in [2.05, 4.69) is 0 Å². The van der Waals surface area contributed by atoms with Crippen molar-refractivity contribution in [1.82, 2.24) is 4.31 Å². The van der Waals surface area contributed by atoms with E-state index in [1.54, 1.807) is 11.0 Å². The summed E-state index contributed by atoms with van der Waals surface area (Å²) in [6, 6.07) is 12.2. The van der Waals surface area contributed by atoms with E-state index in [0.29, 0.717) is 32.1 Å². The zero-order valence-corrected chi connectivity index (χ0v) is 17.3. The van der Waals surface area contributed by atoms with Gasteiger partial charge in [-0.2, -0.15) is 4.31 Å². The van der Waals surface area contributed by atoms with E-state index in [4.69, 9.17) is 9.47 Å². The molecule has 29 heavy (non-hydrogen) atoms. The Kier molecular flexibility index (Phi) is 5.33. The molecule has 2 heterocycles. The number of ether oxygens (including phenoxy) is 2. The summed E-state index contributed by atoms with van der Waals surface area (Å²) in [5, 5.41) is 0. The number of sulfonamides is 1. The summed E-state index contributed by atoms with van der Waals surface area (Å²) in [4.78, 5) is 15.3. The highest BCUT2D eigenvalue weighted by atomic mass is 32.2. The number of amides is 1. The zero-order valence-electron chi connectivity index (χ0n) is 16.5. The third-order valence-corrected chi connectivity index (χ3v) is 7.33. The number of benzene rings is 2. The lowest BCUT2D eigenvalue weighted by molar-refractivity contribution is 0.0730. The Hall–Kier alpha value is -2.42. The van der Waals surface area contributed by atoms with Gasteiger partial charge in [-0.1, -0.05) is 18.2 Å². The summed E-state index contributed by atoms with van der Waals surface area (Å²) in [6.07, 6.45) is 0.760. The maximum absolute atomic E-state index is 13.5. The molecule has 1 amide bonds. The Bertz CT molecular complexity index is 1030. The minimum atomic E-state index is -3.71. The molecule has 0 N–H and O–H groups in total. The maximum Gasteiger partial charge on any atom is 0.262 e. The molecular formula is C21H24N2O5S. The van der Waals surface area contributed by atoms with Crippen molar-refractivity contribution in [2.75, 3.05) is 38.3 Å². The number of hydrogen-bond donors (Lipinski definition) is 0. The Morgan fingerprint density at radius 3 is 2.59 bits per heavy atom. The summed E-state index contributed by atoms with van der Waals surface area (Å²) in [5.41, 5.74) is 2.20. The van der Waals surface area contributed by atoms with Gasteiger partial charge in [0.2, 0.25) is 10.0 Å². The molecule has 0 saturated carbocycles. The van der Waals surface area contributed by atoms with E-state index < -0.39 is 10.0 Å². The van der Waals surface area contributed by atoms with Crippen molar-refractivity contribution in [3.8, 4) is 5.75 Å². The van der Waals surface area contributed by atoms with Crippen LogP contribution in [0.4, 0.5) is 5.69 Å². The molecule has 0 aromatic heterocycles. The second-order valence-electron chi connectivity index (χ2n) is 7.24. The molecule has 154 valence electrons. The topological polar surface area (TPSA) is 76.1 Å². The number of morpholine rings is 1. The van der Waals surface area contributed by atoms with Crippen LogP contribution in [-0.4, -0.2) is 58.1 Å². The third kappa shape index (κ3) is 3.52. The smallest absolute Gasteiger partial charge is 0.262 e. The van der Waals surface area contributed by atoms with Crippen molar-refractivity contribution in [2.24, 2.45) is 0 Å². The normalized spacial score (nSPS) is 19.8. The molecule has 2 aromatic rings. The van der Waals surface area contributed by atoms with Crippen LogP contribution in [0.3, 0.4) is 0 Å². The molecule has 1 atom stereocenters. The van der Waals surface area contributed by atoms with Gasteiger partial charge >= 0.3 is 0 Å². The molecule has 2 aromatic carbocycles. The van der Waals surface area contributed by atoms with Crippen molar-refractivity contribution >= 4 is 21.6 Å². The number of carbonyl (C=O) groups excluding carboxylic acids is 1. The summed E-state index contributed by atoms with van der Waals surface area (Å²) >= 11 is 0. The van der Waals surface area contributed by atoms with Crippen LogP contribution in [0, 0.1) is 0 Å². The first kappa shape index (κ1) is 19.9. The molecule has 1 fully saturated rings. The van der Waals surface area contributed by atoms with Gasteiger partial charge in [0.15, 0.2) is 0 Å². The second-order valence-corrected chi connectivity index (χ2v) is 9.17. The van der Waals surface area contributed by atoms with Gasteiger partial charge < -0.3 is 14.4 Å². The van der Waals surface area contributed by atoms with Gasteiger partial charge in [0.05, 0.1) is 30.8 Å². The Balaban J connectivity index is 1.74. The molecule has 4 rings (SSSR count). The molecule has 7 nitrogen and oxygen atoms in total. The largest absolute Gasteiger partial charge is 0.496 e. The van der Waals surface area contributed by atoms with Gasteiger partial charge in [-0.05, 0) is 43.2 Å². The first-order chi connectivity index (χ1) is 13.9. The number of anilines is 1. The number of fused-ring (bicyclic) bond motifs is 1. The van der Waals surface area contributed by atoms with Crippen LogP contribution in [0.15, 0.2) is 47.4 Å². The van der Waals surface area contributed by atoms with Crippen LogP contribution in [0.25, 0.3) is 0 Å². The highest BCUT2D eigenvalue weighted by Gasteiger charge is 2.34. The van der Waals surface area contributed by atoms with Crippen molar-refractivity contribution < 1.29 is 22.7 Å². The van der Waals surface area contributed by atoms with E-state index >= 15 is 0 Å². The lowest BCUT2D eigenvalue weighted by Gasteiger charge is -2.27. The third-order valence-electron chi connectivity index (χ3n) is 5.44. The number of rotatable bonds is 4. The minimum Gasteiger partial charge on any atom is -0.496 e. The summed E-state index contributed by atoms with van der Waals surface area (Å²) in [5.74, 6) is 0.0887. The highest BCUT2D eigenvalue weighted by molar-refractivity contribution is 7.89. The van der Waals surface area contributed by atoms with E-state index in [1.165, 1.54) is 23.5 Å². The van der Waals surface area contributed by atoms with Gasteiger partial charge in [-0.15, -0.1) is 0 Å². The Labute approximate surface area is 170 Å². The Morgan fingerprint density at radius 1 is 1.14 bits per heavy atom. The molecule has 0 bridgehead atoms. The fourth-order valence-electron chi connectivity index (χ4n) is 3.96. The van der Waals surface area contributed by atoms with Gasteiger partial charge in [0, 0.05) is 24.8 Å². The van der Waals surface area contributed by atoms with Gasteiger partial charge in [0.1, 0.15) is 5.75 Å². The van der Waals surface area contributed by atoms with E-state index in [0.717, 1.165) is 17.7 Å². The summed E-state index contributed by atoms with van der Waals surface area (Å²) in [6.45, 7) is 3.31. The lowest BCUT2D eigenvalue weighted by atomic mass is 10.1. The zero-order chi connectivity index (χ0) is 20.6. The van der Waals surface area contributed by atoms with Gasteiger partial charge in [-0.3, -0.25) is 4.79 Å². The average molecular weight is 416 g/mol. The number of methoxy groups -OCH3 is 1.